The number of carbonyl (C=O) groups excluding carboxylic acids is 2. The molecule has 0 aromatic heterocycles. The summed E-state index contributed by atoms with van der Waals surface area (Å²) in [4.78, 5) is 28.8. The van der Waals surface area contributed by atoms with Gasteiger partial charge in [-0.15, -0.1) is 0 Å². The lowest BCUT2D eigenvalue weighted by Gasteiger charge is -2.11. The molecule has 0 radical (unpaired) electrons. The molecule has 2 aromatic rings. The first-order valence-corrected chi connectivity index (χ1v) is 10.3. The third-order valence-corrected chi connectivity index (χ3v) is 5.19. The largest absolute Gasteiger partial charge is 0.493 e. The number of unbranched alkanes of at least 4 members (excludes halogenated alkanes) is 1. The number of aliphatic imine (C=N–C) groups is 1. The summed E-state index contributed by atoms with van der Waals surface area (Å²) in [6.45, 7) is 2.72. The van der Waals surface area contributed by atoms with Gasteiger partial charge in [0.1, 0.15) is 0 Å². The fraction of sp³-hybridized carbons (Fsp3) is 0.227. The van der Waals surface area contributed by atoms with E-state index >= 15 is 0 Å². The number of primary amides is 1. The number of carbonyl (C=O) groups is 2. The third kappa shape index (κ3) is 5.21. The number of hydrogen-bond donors (Lipinski definition) is 2. The molecule has 1 fully saturated rings. The van der Waals surface area contributed by atoms with Crippen molar-refractivity contribution in [2.24, 2.45) is 10.7 Å². The summed E-state index contributed by atoms with van der Waals surface area (Å²) in [5.41, 5.74) is 6.88. The van der Waals surface area contributed by atoms with E-state index in [2.05, 4.69) is 17.2 Å². The van der Waals surface area contributed by atoms with Crippen molar-refractivity contribution in [3.05, 3.63) is 58.5 Å². The second kappa shape index (κ2) is 9.98. The van der Waals surface area contributed by atoms with Crippen molar-refractivity contribution in [3.8, 4) is 11.5 Å². The Balaban J connectivity index is 1.80. The summed E-state index contributed by atoms with van der Waals surface area (Å²) in [7, 11) is 1.58. The second-order valence-electron chi connectivity index (χ2n) is 6.48. The Hall–Kier alpha value is -3.26. The Morgan fingerprint density at radius 3 is 2.77 bits per heavy atom. The zero-order chi connectivity index (χ0) is 21.5. The molecular weight excluding hydrogens is 402 g/mol. The van der Waals surface area contributed by atoms with Crippen molar-refractivity contribution < 1.29 is 19.1 Å². The van der Waals surface area contributed by atoms with Crippen molar-refractivity contribution in [1.82, 2.24) is 5.32 Å². The van der Waals surface area contributed by atoms with Gasteiger partial charge in [-0.1, -0.05) is 31.5 Å². The molecule has 2 amide bonds. The normalized spacial score (nSPS) is 16.0. The summed E-state index contributed by atoms with van der Waals surface area (Å²) in [5, 5.41) is 3.09. The van der Waals surface area contributed by atoms with E-state index in [0.29, 0.717) is 39.4 Å². The van der Waals surface area contributed by atoms with Crippen LogP contribution in [0.2, 0.25) is 0 Å². The van der Waals surface area contributed by atoms with Crippen LogP contribution in [0.5, 0.6) is 11.5 Å². The maximum Gasteiger partial charge on any atom is 0.264 e. The molecule has 0 atom stereocenters. The van der Waals surface area contributed by atoms with Gasteiger partial charge in [0.2, 0.25) is 0 Å². The molecule has 3 rings (SSSR count). The van der Waals surface area contributed by atoms with E-state index < -0.39 is 5.91 Å². The lowest BCUT2D eigenvalue weighted by Crippen LogP contribution is -2.19. The monoisotopic (exact) mass is 425 g/mol. The number of amidine groups is 1. The topological polar surface area (TPSA) is 103 Å². The highest BCUT2D eigenvalue weighted by molar-refractivity contribution is 8.18. The van der Waals surface area contributed by atoms with E-state index in [4.69, 9.17) is 15.2 Å². The van der Waals surface area contributed by atoms with Gasteiger partial charge in [-0.3, -0.25) is 9.59 Å². The highest BCUT2D eigenvalue weighted by atomic mass is 32.2. The summed E-state index contributed by atoms with van der Waals surface area (Å²) in [6.07, 6.45) is 3.76. The number of ether oxygens (including phenoxy) is 2. The van der Waals surface area contributed by atoms with E-state index in [0.717, 1.165) is 18.4 Å². The van der Waals surface area contributed by atoms with Crippen molar-refractivity contribution in [3.63, 3.8) is 0 Å². The maximum atomic E-state index is 12.4. The number of hydrogen-bond acceptors (Lipinski definition) is 6. The van der Waals surface area contributed by atoms with Gasteiger partial charge < -0.3 is 20.5 Å². The first-order chi connectivity index (χ1) is 14.5. The van der Waals surface area contributed by atoms with Crippen molar-refractivity contribution in [2.45, 2.75) is 19.8 Å². The van der Waals surface area contributed by atoms with Crippen LogP contribution in [0.3, 0.4) is 0 Å². The maximum absolute atomic E-state index is 12.4. The lowest BCUT2D eigenvalue weighted by atomic mass is 10.2. The van der Waals surface area contributed by atoms with Gasteiger partial charge in [-0.05, 0) is 54.1 Å². The summed E-state index contributed by atoms with van der Waals surface area (Å²) < 4.78 is 11.2. The first kappa shape index (κ1) is 21.4. The smallest absolute Gasteiger partial charge is 0.264 e. The highest BCUT2D eigenvalue weighted by Gasteiger charge is 2.24. The summed E-state index contributed by atoms with van der Waals surface area (Å²) in [5.74, 6) is 0.431. The number of methoxy groups -OCH3 is 1. The molecule has 0 bridgehead atoms. The Bertz CT molecular complexity index is 1020. The third-order valence-electron chi connectivity index (χ3n) is 4.28. The minimum atomic E-state index is -0.576. The average Bonchev–Trinajstić information content (AvgIpc) is 3.07. The minimum Gasteiger partial charge on any atom is -0.493 e. The Morgan fingerprint density at radius 2 is 2.03 bits per heavy atom. The van der Waals surface area contributed by atoms with Gasteiger partial charge in [-0.2, -0.15) is 0 Å². The number of amides is 2. The van der Waals surface area contributed by atoms with Gasteiger partial charge in [0.05, 0.1) is 29.9 Å². The number of para-hydroxylation sites is 1. The van der Waals surface area contributed by atoms with Crippen LogP contribution >= 0.6 is 11.8 Å². The van der Waals surface area contributed by atoms with Crippen LogP contribution in [-0.2, 0) is 4.79 Å². The number of benzene rings is 2. The van der Waals surface area contributed by atoms with Crippen LogP contribution in [0, 0.1) is 0 Å². The van der Waals surface area contributed by atoms with Crippen molar-refractivity contribution in [1.29, 1.82) is 0 Å². The molecule has 30 heavy (non-hydrogen) atoms. The predicted octanol–water partition coefficient (Wildman–Crippen LogP) is 3.86. The standard InChI is InChI=1S/C22H23N3O4S/c1-3-4-11-29-17-10-9-14(12-18(17)28-2)13-19-21(27)25-22(30-19)24-16-8-6-5-7-15(16)20(23)26/h5-10,12-13H,3-4,11H2,1-2H3,(H2,23,26)(H,24,25,27)/b19-13-. The second-order valence-corrected chi connectivity index (χ2v) is 7.51. The molecule has 156 valence electrons. The fourth-order valence-corrected chi connectivity index (χ4v) is 3.58. The van der Waals surface area contributed by atoms with E-state index in [-0.39, 0.29) is 5.91 Å². The molecule has 3 N–H and O–H groups in total. The molecule has 7 nitrogen and oxygen atoms in total. The molecule has 0 spiro atoms. The minimum absolute atomic E-state index is 0.266. The molecule has 2 aromatic carbocycles. The first-order valence-electron chi connectivity index (χ1n) is 9.51. The molecular formula is C22H23N3O4S. The van der Waals surface area contributed by atoms with Crippen LogP contribution in [0.15, 0.2) is 52.4 Å². The average molecular weight is 426 g/mol. The van der Waals surface area contributed by atoms with Crippen molar-refractivity contribution in [2.75, 3.05) is 13.7 Å². The number of nitrogens with two attached hydrogens (primary N) is 1. The quantitative estimate of drug-likeness (QED) is 0.494. The zero-order valence-corrected chi connectivity index (χ0v) is 17.6. The predicted molar refractivity (Wildman–Crippen MR) is 119 cm³/mol. The Labute approximate surface area is 179 Å². The molecule has 0 aliphatic carbocycles. The molecule has 0 unspecified atom stereocenters. The van der Waals surface area contributed by atoms with Gasteiger partial charge in [0.15, 0.2) is 16.7 Å². The molecule has 0 saturated carbocycles. The van der Waals surface area contributed by atoms with Crippen LogP contribution < -0.4 is 20.5 Å². The summed E-state index contributed by atoms with van der Waals surface area (Å²) >= 11 is 1.19. The van der Waals surface area contributed by atoms with Crippen LogP contribution in [0.25, 0.3) is 6.08 Å². The number of nitrogens with one attached hydrogen (secondary N) is 1. The fourth-order valence-electron chi connectivity index (χ4n) is 2.74. The van der Waals surface area contributed by atoms with E-state index in [1.807, 2.05) is 18.2 Å². The van der Waals surface area contributed by atoms with Gasteiger partial charge in [-0.25, -0.2) is 4.99 Å². The number of thioether (sulfide) groups is 1. The number of rotatable bonds is 8. The van der Waals surface area contributed by atoms with Crippen molar-refractivity contribution >= 4 is 40.5 Å². The highest BCUT2D eigenvalue weighted by Crippen LogP contribution is 2.32. The SMILES string of the molecule is CCCCOc1ccc(/C=C2\SC(=Nc3ccccc3C(N)=O)NC2=O)cc1OC. The van der Waals surface area contributed by atoms with Gasteiger partial charge in [0.25, 0.3) is 11.8 Å². The lowest BCUT2D eigenvalue weighted by molar-refractivity contribution is -0.115. The van der Waals surface area contributed by atoms with E-state index in [1.165, 1.54) is 11.8 Å². The number of nitrogens with zero attached hydrogens (tertiary/aromatic N) is 1. The van der Waals surface area contributed by atoms with E-state index in [1.54, 1.807) is 37.5 Å². The van der Waals surface area contributed by atoms with Gasteiger partial charge in [0, 0.05) is 0 Å². The summed E-state index contributed by atoms with van der Waals surface area (Å²) in [6, 6.07) is 12.2. The van der Waals surface area contributed by atoms with Gasteiger partial charge >= 0.3 is 0 Å². The molecule has 1 saturated heterocycles. The molecule has 1 heterocycles. The zero-order valence-electron chi connectivity index (χ0n) is 16.8. The van der Waals surface area contributed by atoms with Crippen LogP contribution in [-0.4, -0.2) is 30.7 Å². The van der Waals surface area contributed by atoms with Crippen LogP contribution in [0.1, 0.15) is 35.7 Å². The Kier molecular flexibility index (Phi) is 7.13. The van der Waals surface area contributed by atoms with E-state index in [9.17, 15) is 9.59 Å². The molecule has 1 aliphatic rings. The molecule has 8 heteroatoms. The van der Waals surface area contributed by atoms with Crippen LogP contribution in [0.4, 0.5) is 5.69 Å². The molecule has 1 aliphatic heterocycles. The Morgan fingerprint density at radius 1 is 1.23 bits per heavy atom.